The van der Waals surface area contributed by atoms with E-state index in [2.05, 4.69) is 21.4 Å². The molecule has 0 heterocycles. The number of benzene rings is 1. The molecule has 0 aliphatic carbocycles. The summed E-state index contributed by atoms with van der Waals surface area (Å²) in [7, 11) is 3.56. The average Bonchev–Trinajstić information content (AvgIpc) is 2.08. The van der Waals surface area contributed by atoms with Gasteiger partial charge in [-0.1, -0.05) is 15.9 Å². The van der Waals surface area contributed by atoms with Crippen LogP contribution in [0.1, 0.15) is 15.9 Å². The Balaban J connectivity index is 2.86. The van der Waals surface area contributed by atoms with Gasteiger partial charge in [0.1, 0.15) is 0 Å². The molecule has 0 saturated heterocycles. The second kappa shape index (κ2) is 4.57. The van der Waals surface area contributed by atoms with Crippen LogP contribution in [0.25, 0.3) is 0 Å². The van der Waals surface area contributed by atoms with Crippen molar-refractivity contribution in [2.24, 2.45) is 0 Å². The number of nitrogens with one attached hydrogen (secondary N) is 1. The minimum Gasteiger partial charge on any atom is -0.285 e. The normalized spacial score (nSPS) is 10.4. The van der Waals surface area contributed by atoms with E-state index in [1.165, 1.54) is 0 Å². The van der Waals surface area contributed by atoms with Crippen molar-refractivity contribution in [3.8, 4) is 0 Å². The average molecular weight is 257 g/mol. The van der Waals surface area contributed by atoms with E-state index in [9.17, 15) is 4.79 Å². The zero-order valence-electron chi connectivity index (χ0n) is 8.47. The van der Waals surface area contributed by atoms with Crippen molar-refractivity contribution in [2.75, 3.05) is 14.1 Å². The Kier molecular flexibility index (Phi) is 3.66. The van der Waals surface area contributed by atoms with E-state index in [1.807, 2.05) is 19.1 Å². The van der Waals surface area contributed by atoms with E-state index in [0.29, 0.717) is 5.56 Å². The molecule has 0 aliphatic heterocycles. The summed E-state index contributed by atoms with van der Waals surface area (Å²) < 4.78 is 1.01. The quantitative estimate of drug-likeness (QED) is 0.821. The number of hydrazine groups is 1. The summed E-state index contributed by atoms with van der Waals surface area (Å²) in [6.45, 7) is 1.95. The van der Waals surface area contributed by atoms with Gasteiger partial charge in [0.15, 0.2) is 0 Å². The Hall–Kier alpha value is -0.870. The van der Waals surface area contributed by atoms with Crippen LogP contribution in [-0.2, 0) is 0 Å². The highest BCUT2D eigenvalue weighted by Crippen LogP contribution is 2.16. The molecule has 1 aromatic rings. The fraction of sp³-hybridized carbons (Fsp3) is 0.300. The van der Waals surface area contributed by atoms with Crippen molar-refractivity contribution in [1.82, 2.24) is 10.4 Å². The molecular formula is C10H13BrN2O. The zero-order chi connectivity index (χ0) is 10.7. The maximum absolute atomic E-state index is 11.6. The lowest BCUT2D eigenvalue weighted by Crippen LogP contribution is -2.36. The summed E-state index contributed by atoms with van der Waals surface area (Å²) in [5, 5.41) is 1.62. The lowest BCUT2D eigenvalue weighted by atomic mass is 10.1. The third-order valence-electron chi connectivity index (χ3n) is 1.75. The van der Waals surface area contributed by atoms with E-state index < -0.39 is 0 Å². The number of nitrogens with zero attached hydrogens (tertiary/aromatic N) is 1. The fourth-order valence-corrected chi connectivity index (χ4v) is 1.30. The third kappa shape index (κ3) is 2.82. The van der Waals surface area contributed by atoms with Crippen molar-refractivity contribution in [1.29, 1.82) is 0 Å². The molecule has 1 rings (SSSR count). The van der Waals surface area contributed by atoms with Crippen molar-refractivity contribution >= 4 is 21.8 Å². The summed E-state index contributed by atoms with van der Waals surface area (Å²) in [6, 6.07) is 5.51. The van der Waals surface area contributed by atoms with Crippen LogP contribution in [0.15, 0.2) is 22.7 Å². The smallest absolute Gasteiger partial charge is 0.265 e. The highest BCUT2D eigenvalue weighted by atomic mass is 79.9. The monoisotopic (exact) mass is 256 g/mol. The van der Waals surface area contributed by atoms with E-state index in [-0.39, 0.29) is 5.91 Å². The minimum absolute atomic E-state index is 0.0920. The Labute approximate surface area is 92.2 Å². The topological polar surface area (TPSA) is 32.3 Å². The van der Waals surface area contributed by atoms with Crippen molar-refractivity contribution in [3.63, 3.8) is 0 Å². The van der Waals surface area contributed by atoms with Gasteiger partial charge in [0, 0.05) is 24.1 Å². The molecular weight excluding hydrogens is 244 g/mol. The fourth-order valence-electron chi connectivity index (χ4n) is 1.05. The number of amides is 1. The Morgan fingerprint density at radius 1 is 1.43 bits per heavy atom. The first-order valence-electron chi connectivity index (χ1n) is 4.25. The maximum Gasteiger partial charge on any atom is 0.265 e. The van der Waals surface area contributed by atoms with E-state index in [1.54, 1.807) is 25.2 Å². The second-order valence-corrected chi connectivity index (χ2v) is 4.15. The highest BCUT2D eigenvalue weighted by molar-refractivity contribution is 9.10. The van der Waals surface area contributed by atoms with Crippen LogP contribution in [0.2, 0.25) is 0 Å². The summed E-state index contributed by atoms with van der Waals surface area (Å²) in [4.78, 5) is 11.6. The molecule has 0 fully saturated rings. The largest absolute Gasteiger partial charge is 0.285 e. The second-order valence-electron chi connectivity index (χ2n) is 3.30. The molecule has 0 saturated carbocycles. The maximum atomic E-state index is 11.6. The summed E-state index contributed by atoms with van der Waals surface area (Å²) >= 11 is 3.39. The van der Waals surface area contributed by atoms with Gasteiger partial charge in [0.2, 0.25) is 0 Å². The Morgan fingerprint density at radius 3 is 2.57 bits per heavy atom. The van der Waals surface area contributed by atoms with Gasteiger partial charge in [-0.3, -0.25) is 10.2 Å². The summed E-state index contributed by atoms with van der Waals surface area (Å²) in [6.07, 6.45) is 0. The van der Waals surface area contributed by atoms with Crippen molar-refractivity contribution in [2.45, 2.75) is 6.92 Å². The third-order valence-corrected chi connectivity index (χ3v) is 2.64. The van der Waals surface area contributed by atoms with Gasteiger partial charge in [-0.15, -0.1) is 0 Å². The number of carbonyl (C=O) groups is 1. The molecule has 1 aromatic carbocycles. The number of carbonyl (C=O) groups excluding carboxylic acids is 1. The van der Waals surface area contributed by atoms with Gasteiger partial charge in [-0.05, 0) is 30.7 Å². The van der Waals surface area contributed by atoms with Crippen LogP contribution in [0.4, 0.5) is 0 Å². The molecule has 0 aliphatic rings. The van der Waals surface area contributed by atoms with Gasteiger partial charge >= 0.3 is 0 Å². The van der Waals surface area contributed by atoms with Gasteiger partial charge < -0.3 is 0 Å². The van der Waals surface area contributed by atoms with Crippen LogP contribution in [0.5, 0.6) is 0 Å². The highest BCUT2D eigenvalue weighted by Gasteiger charge is 2.06. The van der Waals surface area contributed by atoms with Gasteiger partial charge in [0.05, 0.1) is 0 Å². The Bertz CT molecular complexity index is 350. The predicted octanol–water partition coefficient (Wildman–Crippen LogP) is 1.96. The van der Waals surface area contributed by atoms with Crippen LogP contribution >= 0.6 is 15.9 Å². The van der Waals surface area contributed by atoms with E-state index in [0.717, 1.165) is 10.0 Å². The Morgan fingerprint density at radius 2 is 2.07 bits per heavy atom. The summed E-state index contributed by atoms with van der Waals surface area (Å²) in [5.74, 6) is -0.0920. The van der Waals surface area contributed by atoms with Gasteiger partial charge in [-0.2, -0.15) is 0 Å². The first-order valence-corrected chi connectivity index (χ1v) is 5.04. The lowest BCUT2D eigenvalue weighted by Gasteiger charge is -2.12. The number of hydrogen-bond donors (Lipinski definition) is 1. The number of halogens is 1. The predicted molar refractivity (Wildman–Crippen MR) is 60.0 cm³/mol. The van der Waals surface area contributed by atoms with Crippen LogP contribution in [0.3, 0.4) is 0 Å². The molecule has 1 N–H and O–H groups in total. The molecule has 1 amide bonds. The number of aryl methyl sites for hydroxylation is 1. The SMILES string of the molecule is Cc1cc(C(=O)NN(C)C)ccc1Br. The van der Waals surface area contributed by atoms with Crippen LogP contribution in [0, 0.1) is 6.92 Å². The number of rotatable bonds is 2. The molecule has 0 radical (unpaired) electrons. The van der Waals surface area contributed by atoms with Crippen LogP contribution in [-0.4, -0.2) is 25.0 Å². The molecule has 0 spiro atoms. The van der Waals surface area contributed by atoms with Crippen LogP contribution < -0.4 is 5.43 Å². The molecule has 4 heteroatoms. The molecule has 14 heavy (non-hydrogen) atoms. The molecule has 3 nitrogen and oxygen atoms in total. The molecule has 0 bridgehead atoms. The first kappa shape index (κ1) is 11.2. The lowest BCUT2D eigenvalue weighted by molar-refractivity contribution is 0.0857. The van der Waals surface area contributed by atoms with Gasteiger partial charge in [0.25, 0.3) is 5.91 Å². The number of hydrogen-bond acceptors (Lipinski definition) is 2. The zero-order valence-corrected chi connectivity index (χ0v) is 10.1. The van der Waals surface area contributed by atoms with E-state index >= 15 is 0 Å². The molecule has 76 valence electrons. The summed E-state index contributed by atoms with van der Waals surface area (Å²) in [5.41, 5.74) is 4.40. The minimum atomic E-state index is -0.0920. The first-order chi connectivity index (χ1) is 6.50. The molecule has 0 aromatic heterocycles. The van der Waals surface area contributed by atoms with Gasteiger partial charge in [-0.25, -0.2) is 5.01 Å². The molecule has 0 atom stereocenters. The van der Waals surface area contributed by atoms with Crippen molar-refractivity contribution < 1.29 is 4.79 Å². The van der Waals surface area contributed by atoms with Crippen molar-refractivity contribution in [3.05, 3.63) is 33.8 Å². The van der Waals surface area contributed by atoms with E-state index in [4.69, 9.17) is 0 Å². The standard InChI is InChI=1S/C10H13BrN2O/c1-7-6-8(4-5-9(7)11)10(14)12-13(2)3/h4-6H,1-3H3,(H,12,14). The molecule has 0 unspecified atom stereocenters.